The minimum atomic E-state index is -3.90. The van der Waals surface area contributed by atoms with E-state index in [2.05, 4.69) is 9.71 Å². The highest BCUT2D eigenvalue weighted by atomic mass is 35.5. The first kappa shape index (κ1) is 15.9. The molecule has 108 valence electrons. The Labute approximate surface area is 136 Å². The van der Waals surface area contributed by atoms with Gasteiger partial charge in [0.1, 0.15) is 16.1 Å². The minimum absolute atomic E-state index is 0.00822. The molecule has 1 heterocycles. The molecule has 0 aliphatic heterocycles. The Kier molecular flexibility index (Phi) is 4.59. The molecule has 0 aliphatic carbocycles. The average molecular weight is 363 g/mol. The van der Waals surface area contributed by atoms with Crippen LogP contribution in [0.25, 0.3) is 0 Å². The molecular formula is C12H6Cl3N3O2S. The molecule has 0 saturated carbocycles. The van der Waals surface area contributed by atoms with Gasteiger partial charge >= 0.3 is 0 Å². The van der Waals surface area contributed by atoms with Crippen LogP contribution in [0.3, 0.4) is 0 Å². The molecule has 5 nitrogen and oxygen atoms in total. The van der Waals surface area contributed by atoms with Gasteiger partial charge in [-0.05, 0) is 24.3 Å². The van der Waals surface area contributed by atoms with E-state index in [1.807, 2.05) is 6.07 Å². The van der Waals surface area contributed by atoms with Crippen molar-refractivity contribution in [2.24, 2.45) is 0 Å². The maximum Gasteiger partial charge on any atom is 0.263 e. The van der Waals surface area contributed by atoms with Crippen LogP contribution in [0.2, 0.25) is 15.2 Å². The summed E-state index contributed by atoms with van der Waals surface area (Å²) in [5.74, 6) is 0. The molecule has 0 fully saturated rings. The first-order chi connectivity index (χ1) is 9.83. The second-order valence-electron chi connectivity index (χ2n) is 3.86. The van der Waals surface area contributed by atoms with Crippen LogP contribution in [0.15, 0.2) is 35.4 Å². The van der Waals surface area contributed by atoms with Gasteiger partial charge in [-0.25, -0.2) is 13.4 Å². The number of rotatable bonds is 3. The molecule has 0 radical (unpaired) electrons. The molecule has 0 aliphatic rings. The molecule has 9 heteroatoms. The third-order valence-corrected chi connectivity index (χ3v) is 4.78. The van der Waals surface area contributed by atoms with E-state index in [-0.39, 0.29) is 31.3 Å². The second-order valence-corrected chi connectivity index (χ2v) is 6.71. The lowest BCUT2D eigenvalue weighted by atomic mass is 10.2. The zero-order valence-electron chi connectivity index (χ0n) is 10.1. The number of sulfonamides is 1. The molecule has 1 aromatic carbocycles. The van der Waals surface area contributed by atoms with Crippen molar-refractivity contribution in [2.45, 2.75) is 4.90 Å². The Bertz CT molecular complexity index is 847. The topological polar surface area (TPSA) is 82.9 Å². The average Bonchev–Trinajstić information content (AvgIpc) is 2.43. The van der Waals surface area contributed by atoms with Gasteiger partial charge in [0, 0.05) is 6.20 Å². The summed E-state index contributed by atoms with van der Waals surface area (Å²) in [4.78, 5) is 3.53. The Morgan fingerprint density at radius 3 is 2.48 bits per heavy atom. The highest BCUT2D eigenvalue weighted by Crippen LogP contribution is 2.25. The lowest BCUT2D eigenvalue weighted by molar-refractivity contribution is 0.601. The van der Waals surface area contributed by atoms with Crippen molar-refractivity contribution < 1.29 is 8.42 Å². The number of halogens is 3. The summed E-state index contributed by atoms with van der Waals surface area (Å²) in [6, 6.07) is 7.22. The van der Waals surface area contributed by atoms with Crippen molar-refractivity contribution in [2.75, 3.05) is 4.72 Å². The second kappa shape index (κ2) is 6.08. The number of nitrogens with one attached hydrogen (secondary N) is 1. The van der Waals surface area contributed by atoms with E-state index < -0.39 is 10.0 Å². The van der Waals surface area contributed by atoms with Gasteiger partial charge in [0.05, 0.1) is 21.3 Å². The minimum Gasteiger partial charge on any atom is -0.280 e. The molecule has 0 saturated heterocycles. The van der Waals surface area contributed by atoms with Crippen LogP contribution < -0.4 is 4.72 Å². The van der Waals surface area contributed by atoms with Crippen LogP contribution >= 0.6 is 34.8 Å². The summed E-state index contributed by atoms with van der Waals surface area (Å²) in [7, 11) is -3.90. The van der Waals surface area contributed by atoms with Gasteiger partial charge in [-0.1, -0.05) is 34.8 Å². The molecule has 1 N–H and O–H groups in total. The number of nitriles is 1. The van der Waals surface area contributed by atoms with Crippen LogP contribution in [-0.4, -0.2) is 13.4 Å². The number of benzene rings is 1. The number of hydrogen-bond donors (Lipinski definition) is 1. The maximum atomic E-state index is 12.2. The number of anilines is 1. The Balaban J connectivity index is 2.37. The molecule has 1 aromatic heterocycles. The van der Waals surface area contributed by atoms with E-state index in [9.17, 15) is 8.42 Å². The van der Waals surface area contributed by atoms with E-state index >= 15 is 0 Å². The predicted molar refractivity (Wildman–Crippen MR) is 81.2 cm³/mol. The van der Waals surface area contributed by atoms with Gasteiger partial charge in [0.25, 0.3) is 10.0 Å². The van der Waals surface area contributed by atoms with E-state index in [0.29, 0.717) is 0 Å². The lowest BCUT2D eigenvalue weighted by Crippen LogP contribution is -2.13. The third kappa shape index (κ3) is 3.57. The van der Waals surface area contributed by atoms with Gasteiger partial charge in [-0.15, -0.1) is 0 Å². The van der Waals surface area contributed by atoms with E-state index in [1.165, 1.54) is 24.3 Å². The summed E-state index contributed by atoms with van der Waals surface area (Å²) < 4.78 is 26.7. The Morgan fingerprint density at radius 2 is 1.86 bits per heavy atom. The fourth-order valence-corrected chi connectivity index (χ4v) is 2.95. The Morgan fingerprint density at radius 1 is 1.14 bits per heavy atom. The molecule has 2 aromatic rings. The van der Waals surface area contributed by atoms with Crippen molar-refractivity contribution >= 4 is 50.5 Å². The van der Waals surface area contributed by atoms with Crippen LogP contribution in [-0.2, 0) is 10.0 Å². The van der Waals surface area contributed by atoms with Crippen LogP contribution in [0.5, 0.6) is 0 Å². The summed E-state index contributed by atoms with van der Waals surface area (Å²) in [6.45, 7) is 0. The smallest absolute Gasteiger partial charge is 0.263 e. The monoisotopic (exact) mass is 361 g/mol. The number of pyridine rings is 1. The fraction of sp³-hybridized carbons (Fsp3) is 0. The lowest BCUT2D eigenvalue weighted by Gasteiger charge is -2.09. The first-order valence-electron chi connectivity index (χ1n) is 5.37. The highest BCUT2D eigenvalue weighted by molar-refractivity contribution is 7.92. The standard InChI is InChI=1S/C12H6Cl3N3O2S/c13-10-2-1-8(3-7(10)5-16)18-21(19,20)9-4-11(14)12(15)17-6-9/h1-4,6,18H. The normalized spacial score (nSPS) is 11.0. The molecule has 0 spiro atoms. The van der Waals surface area contributed by atoms with Gasteiger partial charge in [-0.3, -0.25) is 4.72 Å². The van der Waals surface area contributed by atoms with Crippen molar-refractivity contribution in [3.63, 3.8) is 0 Å². The highest BCUT2D eigenvalue weighted by Gasteiger charge is 2.17. The van der Waals surface area contributed by atoms with Gasteiger partial charge in [-0.2, -0.15) is 5.26 Å². The Hall–Kier alpha value is -1.52. The largest absolute Gasteiger partial charge is 0.280 e. The maximum absolute atomic E-state index is 12.2. The zero-order chi connectivity index (χ0) is 15.6. The first-order valence-corrected chi connectivity index (χ1v) is 7.99. The van der Waals surface area contributed by atoms with E-state index in [0.717, 1.165) is 6.20 Å². The van der Waals surface area contributed by atoms with Gasteiger partial charge < -0.3 is 0 Å². The SMILES string of the molecule is N#Cc1cc(NS(=O)(=O)c2cnc(Cl)c(Cl)c2)ccc1Cl. The number of hydrogen-bond acceptors (Lipinski definition) is 4. The third-order valence-electron chi connectivity index (χ3n) is 2.42. The van der Waals surface area contributed by atoms with Crippen LogP contribution in [0.4, 0.5) is 5.69 Å². The molecule has 0 unspecified atom stereocenters. The van der Waals surface area contributed by atoms with Gasteiger partial charge in [0.15, 0.2) is 0 Å². The molecule has 0 atom stereocenters. The summed E-state index contributed by atoms with van der Waals surface area (Å²) in [5.41, 5.74) is 0.353. The zero-order valence-corrected chi connectivity index (χ0v) is 13.2. The van der Waals surface area contributed by atoms with Gasteiger partial charge in [0.2, 0.25) is 0 Å². The van der Waals surface area contributed by atoms with Crippen LogP contribution in [0, 0.1) is 11.3 Å². The summed E-state index contributed by atoms with van der Waals surface area (Å²) in [6.07, 6.45) is 1.08. The van der Waals surface area contributed by atoms with Crippen molar-refractivity contribution in [3.8, 4) is 6.07 Å². The fourth-order valence-electron chi connectivity index (χ4n) is 1.44. The molecule has 0 bridgehead atoms. The quantitative estimate of drug-likeness (QED) is 0.844. The number of nitrogens with zero attached hydrogens (tertiary/aromatic N) is 2. The molecule has 2 rings (SSSR count). The van der Waals surface area contributed by atoms with E-state index in [4.69, 9.17) is 40.1 Å². The number of aromatic nitrogens is 1. The van der Waals surface area contributed by atoms with Crippen LogP contribution in [0.1, 0.15) is 5.56 Å². The van der Waals surface area contributed by atoms with Crippen molar-refractivity contribution in [1.29, 1.82) is 5.26 Å². The van der Waals surface area contributed by atoms with Crippen molar-refractivity contribution in [1.82, 2.24) is 4.98 Å². The molecule has 21 heavy (non-hydrogen) atoms. The van der Waals surface area contributed by atoms with Crippen molar-refractivity contribution in [3.05, 3.63) is 51.2 Å². The summed E-state index contributed by atoms with van der Waals surface area (Å²) in [5, 5.41) is 9.13. The molecule has 0 amide bonds. The van der Waals surface area contributed by atoms with E-state index in [1.54, 1.807) is 0 Å². The summed E-state index contributed by atoms with van der Waals surface area (Å²) >= 11 is 17.2. The molecular weight excluding hydrogens is 357 g/mol. The predicted octanol–water partition coefficient (Wildman–Crippen LogP) is 3.71.